The second-order valence-electron chi connectivity index (χ2n) is 6.65. The molecule has 1 saturated heterocycles. The molecule has 1 aromatic heterocycles. The van der Waals surface area contributed by atoms with Gasteiger partial charge in [0.25, 0.3) is 0 Å². The molecule has 20 heavy (non-hydrogen) atoms. The van der Waals surface area contributed by atoms with Crippen molar-refractivity contribution in [2.75, 3.05) is 18.8 Å². The first-order valence-electron chi connectivity index (χ1n) is 7.39. The molecule has 2 heterocycles. The number of nitrogens with two attached hydrogens (primary N) is 1. The summed E-state index contributed by atoms with van der Waals surface area (Å²) in [6.07, 6.45) is 3.94. The van der Waals surface area contributed by atoms with E-state index in [0.29, 0.717) is 10.5 Å². The van der Waals surface area contributed by atoms with Crippen LogP contribution in [0.25, 0.3) is 10.2 Å². The molecule has 108 valence electrons. The Balaban J connectivity index is 1.72. The molecule has 0 bridgehead atoms. The lowest BCUT2D eigenvalue weighted by Crippen LogP contribution is -2.25. The van der Waals surface area contributed by atoms with Crippen molar-refractivity contribution in [3.63, 3.8) is 0 Å². The summed E-state index contributed by atoms with van der Waals surface area (Å²) >= 11 is 1.58. The van der Waals surface area contributed by atoms with Gasteiger partial charge in [-0.3, -0.25) is 4.90 Å². The van der Waals surface area contributed by atoms with Gasteiger partial charge in [-0.05, 0) is 55.5 Å². The summed E-state index contributed by atoms with van der Waals surface area (Å²) in [5.41, 5.74) is 8.67. The Bertz CT molecular complexity index is 603. The molecule has 2 N–H and O–H groups in total. The molecular formula is C16H23N3S. The highest BCUT2D eigenvalue weighted by Crippen LogP contribution is 2.31. The monoisotopic (exact) mass is 289 g/mol. The lowest BCUT2D eigenvalue weighted by atomic mass is 9.85. The van der Waals surface area contributed by atoms with Gasteiger partial charge >= 0.3 is 0 Å². The number of hydrogen-bond donors (Lipinski definition) is 1. The van der Waals surface area contributed by atoms with Crippen LogP contribution in [0.3, 0.4) is 0 Å². The molecule has 0 radical (unpaired) electrons. The standard InChI is InChI=1S/C16H23N3S/c1-16(2)6-3-8-19(9-7-16)11-12-4-5-13-14(10-12)20-15(17)18-13/h4-5,10H,3,6-9,11H2,1-2H3,(H2,17,18). The zero-order valence-electron chi connectivity index (χ0n) is 12.4. The molecule has 2 aromatic rings. The molecule has 0 aliphatic carbocycles. The first kappa shape index (κ1) is 13.8. The molecule has 0 amide bonds. The molecule has 3 rings (SSSR count). The minimum absolute atomic E-state index is 0.505. The van der Waals surface area contributed by atoms with Crippen LogP contribution in [0.5, 0.6) is 0 Å². The van der Waals surface area contributed by atoms with Crippen molar-refractivity contribution in [2.24, 2.45) is 5.41 Å². The number of anilines is 1. The summed E-state index contributed by atoms with van der Waals surface area (Å²) < 4.78 is 1.20. The van der Waals surface area contributed by atoms with E-state index >= 15 is 0 Å². The van der Waals surface area contributed by atoms with Crippen molar-refractivity contribution in [1.82, 2.24) is 9.88 Å². The van der Waals surface area contributed by atoms with E-state index in [1.807, 2.05) is 0 Å². The van der Waals surface area contributed by atoms with Gasteiger partial charge < -0.3 is 5.73 Å². The number of aromatic nitrogens is 1. The SMILES string of the molecule is CC1(C)CCCN(Cc2ccc3nc(N)sc3c2)CC1. The number of likely N-dealkylation sites (tertiary alicyclic amines) is 1. The fraction of sp³-hybridized carbons (Fsp3) is 0.562. The summed E-state index contributed by atoms with van der Waals surface area (Å²) in [7, 11) is 0. The fourth-order valence-corrected chi connectivity index (χ4v) is 3.78. The van der Waals surface area contributed by atoms with Crippen LogP contribution in [0.1, 0.15) is 38.7 Å². The van der Waals surface area contributed by atoms with Crippen molar-refractivity contribution >= 4 is 26.7 Å². The molecule has 3 nitrogen and oxygen atoms in total. The van der Waals surface area contributed by atoms with E-state index in [1.165, 1.54) is 42.6 Å². The highest BCUT2D eigenvalue weighted by Gasteiger charge is 2.22. The molecule has 0 unspecified atom stereocenters. The van der Waals surface area contributed by atoms with Crippen molar-refractivity contribution in [3.8, 4) is 0 Å². The lowest BCUT2D eigenvalue weighted by molar-refractivity contribution is 0.256. The Hall–Kier alpha value is -1.13. The number of rotatable bonds is 2. The molecular weight excluding hydrogens is 266 g/mol. The van der Waals surface area contributed by atoms with Gasteiger partial charge in [-0.2, -0.15) is 0 Å². The third-order valence-electron chi connectivity index (χ3n) is 4.31. The minimum atomic E-state index is 0.505. The zero-order chi connectivity index (χ0) is 14.2. The number of nitrogen functional groups attached to an aromatic ring is 1. The molecule has 4 heteroatoms. The quantitative estimate of drug-likeness (QED) is 0.912. The Morgan fingerprint density at radius 1 is 1.30 bits per heavy atom. The van der Waals surface area contributed by atoms with Crippen molar-refractivity contribution in [3.05, 3.63) is 23.8 Å². The Kier molecular flexibility index (Phi) is 3.69. The average molecular weight is 289 g/mol. The van der Waals surface area contributed by atoms with E-state index in [9.17, 15) is 0 Å². The number of thiazole rings is 1. The van der Waals surface area contributed by atoms with Gasteiger partial charge in [-0.1, -0.05) is 31.3 Å². The van der Waals surface area contributed by atoms with Crippen molar-refractivity contribution in [1.29, 1.82) is 0 Å². The number of fused-ring (bicyclic) bond motifs is 1. The molecule has 0 atom stereocenters. The van der Waals surface area contributed by atoms with Gasteiger partial charge in [-0.25, -0.2) is 4.98 Å². The molecule has 0 saturated carbocycles. The second-order valence-corrected chi connectivity index (χ2v) is 7.71. The molecule has 1 aliphatic heterocycles. The van der Waals surface area contributed by atoms with Gasteiger partial charge in [0.2, 0.25) is 0 Å². The van der Waals surface area contributed by atoms with Gasteiger partial charge in [0, 0.05) is 6.54 Å². The van der Waals surface area contributed by atoms with Crippen LogP contribution in [0, 0.1) is 5.41 Å². The maximum absolute atomic E-state index is 5.77. The van der Waals surface area contributed by atoms with E-state index < -0.39 is 0 Å². The van der Waals surface area contributed by atoms with E-state index in [-0.39, 0.29) is 0 Å². The first-order chi connectivity index (χ1) is 9.52. The van der Waals surface area contributed by atoms with Crippen LogP contribution in [0.15, 0.2) is 18.2 Å². The minimum Gasteiger partial charge on any atom is -0.375 e. The first-order valence-corrected chi connectivity index (χ1v) is 8.21. The van der Waals surface area contributed by atoms with Gasteiger partial charge in [0.15, 0.2) is 5.13 Å². The molecule has 1 aliphatic rings. The zero-order valence-corrected chi connectivity index (χ0v) is 13.2. The maximum Gasteiger partial charge on any atom is 0.181 e. The summed E-state index contributed by atoms with van der Waals surface area (Å²) in [4.78, 5) is 6.90. The number of nitrogens with zero attached hydrogens (tertiary/aromatic N) is 2. The summed E-state index contributed by atoms with van der Waals surface area (Å²) in [6.45, 7) is 8.25. The third kappa shape index (κ3) is 3.13. The second kappa shape index (κ2) is 5.34. The molecule has 0 spiro atoms. The number of hydrogen-bond acceptors (Lipinski definition) is 4. The third-order valence-corrected chi connectivity index (χ3v) is 5.16. The van der Waals surface area contributed by atoms with E-state index in [4.69, 9.17) is 5.73 Å². The molecule has 1 aromatic carbocycles. The fourth-order valence-electron chi connectivity index (χ4n) is 2.98. The van der Waals surface area contributed by atoms with Gasteiger partial charge in [0.1, 0.15) is 0 Å². The van der Waals surface area contributed by atoms with Gasteiger partial charge in [0.05, 0.1) is 10.2 Å². The molecule has 1 fully saturated rings. The van der Waals surface area contributed by atoms with Gasteiger partial charge in [-0.15, -0.1) is 0 Å². The van der Waals surface area contributed by atoms with Crippen LogP contribution in [0.4, 0.5) is 5.13 Å². The smallest absolute Gasteiger partial charge is 0.181 e. The predicted molar refractivity (Wildman–Crippen MR) is 86.9 cm³/mol. The highest BCUT2D eigenvalue weighted by atomic mass is 32.1. The normalized spacial score (nSPS) is 20.1. The van der Waals surface area contributed by atoms with E-state index in [2.05, 4.69) is 41.9 Å². The van der Waals surface area contributed by atoms with Crippen molar-refractivity contribution < 1.29 is 0 Å². The van der Waals surface area contributed by atoms with E-state index in [1.54, 1.807) is 11.3 Å². The lowest BCUT2D eigenvalue weighted by Gasteiger charge is -2.23. The summed E-state index contributed by atoms with van der Waals surface area (Å²) in [6, 6.07) is 6.54. The topological polar surface area (TPSA) is 42.2 Å². The Morgan fingerprint density at radius 2 is 2.15 bits per heavy atom. The Morgan fingerprint density at radius 3 is 3.00 bits per heavy atom. The largest absolute Gasteiger partial charge is 0.375 e. The summed E-state index contributed by atoms with van der Waals surface area (Å²) in [5, 5.41) is 0.661. The van der Waals surface area contributed by atoms with Crippen molar-refractivity contribution in [2.45, 2.75) is 39.7 Å². The van der Waals surface area contributed by atoms with Crippen LogP contribution >= 0.6 is 11.3 Å². The number of benzene rings is 1. The maximum atomic E-state index is 5.77. The highest BCUT2D eigenvalue weighted by molar-refractivity contribution is 7.22. The average Bonchev–Trinajstić information content (AvgIpc) is 2.66. The summed E-state index contributed by atoms with van der Waals surface area (Å²) in [5.74, 6) is 0. The van der Waals surface area contributed by atoms with Crippen LogP contribution in [-0.2, 0) is 6.54 Å². The Labute approximate surface area is 124 Å². The van der Waals surface area contributed by atoms with Crippen LogP contribution < -0.4 is 5.73 Å². The van der Waals surface area contributed by atoms with Crippen LogP contribution in [-0.4, -0.2) is 23.0 Å². The van der Waals surface area contributed by atoms with Crippen LogP contribution in [0.2, 0.25) is 0 Å². The van der Waals surface area contributed by atoms with E-state index in [0.717, 1.165) is 12.1 Å². The predicted octanol–water partition coefficient (Wildman–Crippen LogP) is 3.89.